The second-order valence-electron chi connectivity index (χ2n) is 4.54. The van der Waals surface area contributed by atoms with Gasteiger partial charge >= 0.3 is 6.61 Å². The highest BCUT2D eigenvalue weighted by Crippen LogP contribution is 2.31. The Morgan fingerprint density at radius 1 is 1.14 bits per heavy atom. The first-order valence-corrected chi connectivity index (χ1v) is 7.03. The molecule has 2 rings (SSSR count). The van der Waals surface area contributed by atoms with Gasteiger partial charge in [-0.2, -0.15) is 8.78 Å². The van der Waals surface area contributed by atoms with E-state index in [1.165, 1.54) is 6.07 Å². The van der Waals surface area contributed by atoms with Crippen LogP contribution < -0.4 is 10.1 Å². The van der Waals surface area contributed by atoms with Gasteiger partial charge in [-0.3, -0.25) is 0 Å². The molecule has 0 aliphatic carbocycles. The highest BCUT2D eigenvalue weighted by atomic mass is 35.5. The van der Waals surface area contributed by atoms with Gasteiger partial charge in [-0.25, -0.2) is 0 Å². The molecule has 2 aromatic carbocycles. The van der Waals surface area contributed by atoms with E-state index in [9.17, 15) is 8.78 Å². The van der Waals surface area contributed by atoms with Crippen LogP contribution >= 0.6 is 11.6 Å². The van der Waals surface area contributed by atoms with Crippen molar-refractivity contribution in [2.24, 2.45) is 0 Å². The standard InChI is InChI=1S/C16H16ClF2NO/c1-2-14(11-6-4-3-5-7-11)20-12-8-9-15(13(17)10-12)21-16(18)19/h3-10,14,16,20H,2H2,1H3. The second kappa shape index (κ2) is 7.27. The van der Waals surface area contributed by atoms with E-state index in [2.05, 4.69) is 17.0 Å². The zero-order valence-corrected chi connectivity index (χ0v) is 12.3. The maximum absolute atomic E-state index is 12.2. The minimum absolute atomic E-state index is 0.0232. The van der Waals surface area contributed by atoms with Crippen LogP contribution in [0, 0.1) is 0 Å². The lowest BCUT2D eigenvalue weighted by molar-refractivity contribution is -0.0497. The van der Waals surface area contributed by atoms with Crippen molar-refractivity contribution in [2.75, 3.05) is 5.32 Å². The zero-order valence-electron chi connectivity index (χ0n) is 11.5. The molecule has 0 radical (unpaired) electrons. The van der Waals surface area contributed by atoms with Crippen molar-refractivity contribution in [3.63, 3.8) is 0 Å². The summed E-state index contributed by atoms with van der Waals surface area (Å²) in [6.45, 7) is -0.811. The third kappa shape index (κ3) is 4.33. The Balaban J connectivity index is 2.13. The molecule has 5 heteroatoms. The second-order valence-corrected chi connectivity index (χ2v) is 4.95. The average molecular weight is 312 g/mol. The first-order chi connectivity index (χ1) is 10.1. The van der Waals surface area contributed by atoms with Gasteiger partial charge in [0.1, 0.15) is 5.75 Å². The van der Waals surface area contributed by atoms with Crippen molar-refractivity contribution in [2.45, 2.75) is 26.0 Å². The van der Waals surface area contributed by atoms with Crippen molar-refractivity contribution in [3.05, 3.63) is 59.1 Å². The van der Waals surface area contributed by atoms with E-state index in [-0.39, 0.29) is 16.8 Å². The number of anilines is 1. The molecule has 0 fully saturated rings. The Hall–Kier alpha value is -1.81. The van der Waals surface area contributed by atoms with Gasteiger partial charge in [0.2, 0.25) is 0 Å². The van der Waals surface area contributed by atoms with E-state index in [4.69, 9.17) is 11.6 Å². The molecule has 1 unspecified atom stereocenters. The minimum atomic E-state index is -2.88. The molecule has 2 aromatic rings. The summed E-state index contributed by atoms with van der Waals surface area (Å²) in [6, 6.07) is 14.8. The Bertz CT molecular complexity index is 578. The van der Waals surface area contributed by atoms with Gasteiger partial charge in [0.05, 0.1) is 11.1 Å². The van der Waals surface area contributed by atoms with Gasteiger partial charge in [-0.15, -0.1) is 0 Å². The molecule has 0 saturated heterocycles. The van der Waals surface area contributed by atoms with Gasteiger partial charge in [0.15, 0.2) is 0 Å². The molecule has 0 aliphatic rings. The number of rotatable bonds is 6. The topological polar surface area (TPSA) is 21.3 Å². The summed E-state index contributed by atoms with van der Waals surface area (Å²) in [4.78, 5) is 0. The van der Waals surface area contributed by atoms with E-state index in [0.717, 1.165) is 17.7 Å². The summed E-state index contributed by atoms with van der Waals surface area (Å²) in [5.41, 5.74) is 1.92. The van der Waals surface area contributed by atoms with Crippen LogP contribution in [0.5, 0.6) is 5.75 Å². The molecule has 21 heavy (non-hydrogen) atoms. The Morgan fingerprint density at radius 3 is 2.43 bits per heavy atom. The molecule has 0 bridgehead atoms. The number of halogens is 3. The summed E-state index contributed by atoms with van der Waals surface area (Å²) in [6.07, 6.45) is 0.886. The summed E-state index contributed by atoms with van der Waals surface area (Å²) in [5, 5.41) is 3.49. The number of hydrogen-bond donors (Lipinski definition) is 1. The lowest BCUT2D eigenvalue weighted by atomic mass is 10.0. The number of benzene rings is 2. The Labute approximate surface area is 127 Å². The summed E-state index contributed by atoms with van der Waals surface area (Å²) in [7, 11) is 0. The van der Waals surface area contributed by atoms with E-state index in [0.29, 0.717) is 0 Å². The lowest BCUT2D eigenvalue weighted by Crippen LogP contribution is -2.09. The van der Waals surface area contributed by atoms with Crippen LogP contribution in [0.4, 0.5) is 14.5 Å². The smallest absolute Gasteiger partial charge is 0.387 e. The van der Waals surface area contributed by atoms with Crippen molar-refractivity contribution >= 4 is 17.3 Å². The first-order valence-electron chi connectivity index (χ1n) is 6.66. The monoisotopic (exact) mass is 311 g/mol. The van der Waals surface area contributed by atoms with Gasteiger partial charge in [-0.05, 0) is 30.2 Å². The van der Waals surface area contributed by atoms with Crippen molar-refractivity contribution < 1.29 is 13.5 Å². The third-order valence-corrected chi connectivity index (χ3v) is 3.39. The highest BCUT2D eigenvalue weighted by Gasteiger charge is 2.12. The van der Waals surface area contributed by atoms with Gasteiger partial charge < -0.3 is 10.1 Å². The van der Waals surface area contributed by atoms with Gasteiger partial charge in [0, 0.05) is 5.69 Å². The number of ether oxygens (including phenoxy) is 1. The third-order valence-electron chi connectivity index (χ3n) is 3.10. The van der Waals surface area contributed by atoms with Crippen LogP contribution in [-0.2, 0) is 0 Å². The maximum atomic E-state index is 12.2. The number of hydrogen-bond acceptors (Lipinski definition) is 2. The molecule has 1 N–H and O–H groups in total. The van der Waals surface area contributed by atoms with Crippen LogP contribution in [0.25, 0.3) is 0 Å². The summed E-state index contributed by atoms with van der Waals surface area (Å²) < 4.78 is 28.7. The summed E-state index contributed by atoms with van der Waals surface area (Å²) in [5.74, 6) is -0.0232. The number of nitrogens with one attached hydrogen (secondary N) is 1. The molecule has 1 atom stereocenters. The van der Waals surface area contributed by atoms with Crippen molar-refractivity contribution in [1.82, 2.24) is 0 Å². The predicted molar refractivity (Wildman–Crippen MR) is 81.2 cm³/mol. The predicted octanol–water partition coefficient (Wildman–Crippen LogP) is 5.50. The molecule has 0 aliphatic heterocycles. The molecular weight excluding hydrogens is 296 g/mol. The van der Waals surface area contributed by atoms with Crippen LogP contribution in [0.15, 0.2) is 48.5 Å². The van der Waals surface area contributed by atoms with Crippen LogP contribution in [-0.4, -0.2) is 6.61 Å². The van der Waals surface area contributed by atoms with Crippen LogP contribution in [0.3, 0.4) is 0 Å². The Kier molecular flexibility index (Phi) is 5.39. The highest BCUT2D eigenvalue weighted by molar-refractivity contribution is 6.32. The molecule has 0 aromatic heterocycles. The fourth-order valence-electron chi connectivity index (χ4n) is 2.09. The van der Waals surface area contributed by atoms with Crippen LogP contribution in [0.1, 0.15) is 24.9 Å². The van der Waals surface area contributed by atoms with E-state index in [1.54, 1.807) is 12.1 Å². The molecular formula is C16H16ClF2NO. The van der Waals surface area contributed by atoms with Gasteiger partial charge in [-0.1, -0.05) is 48.9 Å². The quantitative estimate of drug-likeness (QED) is 0.760. The zero-order chi connectivity index (χ0) is 15.2. The van der Waals surface area contributed by atoms with E-state index < -0.39 is 6.61 Å². The fraction of sp³-hybridized carbons (Fsp3) is 0.250. The SMILES string of the molecule is CCC(Nc1ccc(OC(F)F)c(Cl)c1)c1ccccc1. The normalized spacial score (nSPS) is 12.2. The molecule has 0 spiro atoms. The van der Waals surface area contributed by atoms with Crippen molar-refractivity contribution in [1.29, 1.82) is 0 Å². The number of alkyl halides is 2. The molecule has 0 saturated carbocycles. The molecule has 112 valence electrons. The lowest BCUT2D eigenvalue weighted by Gasteiger charge is -2.19. The largest absolute Gasteiger partial charge is 0.433 e. The fourth-order valence-corrected chi connectivity index (χ4v) is 2.31. The summed E-state index contributed by atoms with van der Waals surface area (Å²) >= 11 is 5.95. The maximum Gasteiger partial charge on any atom is 0.387 e. The molecule has 0 amide bonds. The van der Waals surface area contributed by atoms with Gasteiger partial charge in [0.25, 0.3) is 0 Å². The Morgan fingerprint density at radius 2 is 1.86 bits per heavy atom. The molecule has 2 nitrogen and oxygen atoms in total. The average Bonchev–Trinajstić information content (AvgIpc) is 2.48. The van der Waals surface area contributed by atoms with Crippen molar-refractivity contribution in [3.8, 4) is 5.75 Å². The first kappa shape index (κ1) is 15.6. The van der Waals surface area contributed by atoms with Crippen LogP contribution in [0.2, 0.25) is 5.02 Å². The van der Waals surface area contributed by atoms with E-state index in [1.807, 2.05) is 30.3 Å². The minimum Gasteiger partial charge on any atom is -0.433 e. The molecule has 0 heterocycles. The van der Waals surface area contributed by atoms with E-state index >= 15 is 0 Å².